The molecule has 376 valence electrons. The van der Waals surface area contributed by atoms with E-state index in [1.54, 1.807) is 0 Å². The topological polar surface area (TPSA) is 335 Å². The summed E-state index contributed by atoms with van der Waals surface area (Å²) in [5, 5.41) is 0. The SMILES string of the molecule is CC(=O)OC[C@H]1O[C@@H](O[C@H]2[C@@H](O[C@H]3O[C@H](COC(C)=O)[C@@H](OC(C)=O)[C@H](OC(C)=O)[C@H]3OC(C)=O)O[C@H](COC(C)=O)[C@@H](OC(C)=O)[C@@H]2OC(C)=O)[C@H](OC(C)=O)[C@@H](OC(C)=O)[C@@H]1OC(C)=O. The lowest BCUT2D eigenvalue weighted by Gasteiger charge is -2.50. The first-order valence-electron chi connectivity index (χ1n) is 20.3. The Labute approximate surface area is 382 Å². The van der Waals surface area contributed by atoms with Crippen LogP contribution in [0.4, 0.5) is 0 Å². The van der Waals surface area contributed by atoms with Gasteiger partial charge in [-0.3, -0.25) is 52.7 Å². The summed E-state index contributed by atoms with van der Waals surface area (Å²) < 4.78 is 90.7. The third-order valence-corrected chi connectivity index (χ3v) is 9.10. The average Bonchev–Trinajstić information content (AvgIpc) is 3.17. The minimum Gasteiger partial charge on any atom is -0.463 e. The van der Waals surface area contributed by atoms with Crippen molar-refractivity contribution >= 4 is 65.7 Å². The monoisotopic (exact) mass is 966 g/mol. The van der Waals surface area contributed by atoms with Gasteiger partial charge in [-0.1, -0.05) is 0 Å². The van der Waals surface area contributed by atoms with E-state index in [9.17, 15) is 52.7 Å². The summed E-state index contributed by atoms with van der Waals surface area (Å²) in [6.07, 6.45) is -27.8. The first kappa shape index (κ1) is 55.3. The molecule has 0 N–H and O–H groups in total. The minimum absolute atomic E-state index is 0.715. The molecule has 0 aliphatic carbocycles. The van der Waals surface area contributed by atoms with E-state index in [2.05, 4.69) is 0 Å². The van der Waals surface area contributed by atoms with Crippen molar-refractivity contribution in [2.75, 3.05) is 19.8 Å². The molecule has 3 aliphatic rings. The summed E-state index contributed by atoms with van der Waals surface area (Å²) in [5.41, 5.74) is 0. The van der Waals surface area contributed by atoms with Crippen molar-refractivity contribution < 1.29 is 129 Å². The van der Waals surface area contributed by atoms with E-state index in [0.29, 0.717) is 0 Å². The van der Waals surface area contributed by atoms with Crippen LogP contribution in [0.25, 0.3) is 0 Å². The van der Waals surface area contributed by atoms with Gasteiger partial charge in [0.05, 0.1) is 0 Å². The molecule has 0 aromatic carbocycles. The van der Waals surface area contributed by atoms with Crippen molar-refractivity contribution in [2.45, 2.75) is 168 Å². The molecule has 3 aliphatic heterocycles. The molecule has 67 heavy (non-hydrogen) atoms. The van der Waals surface area contributed by atoms with Gasteiger partial charge in [0.1, 0.15) is 38.1 Å². The van der Waals surface area contributed by atoms with Gasteiger partial charge in [0.2, 0.25) is 6.29 Å². The van der Waals surface area contributed by atoms with Gasteiger partial charge >= 0.3 is 65.7 Å². The number of ether oxygens (including phenoxy) is 16. The van der Waals surface area contributed by atoms with Crippen LogP contribution in [0.2, 0.25) is 0 Å². The number of hydrogen-bond acceptors (Lipinski definition) is 27. The third kappa shape index (κ3) is 17.0. The van der Waals surface area contributed by atoms with Gasteiger partial charge in [0.15, 0.2) is 67.5 Å². The predicted molar refractivity (Wildman–Crippen MR) is 206 cm³/mol. The maximum atomic E-state index is 12.9. The Hall–Kier alpha value is -6.03. The molecule has 15 atom stereocenters. The molecule has 0 aromatic heterocycles. The molecule has 3 saturated heterocycles. The standard InChI is InChI=1S/C40H54O27/c1-15(41)52-12-26-29(55-18(4)44)32(58-21(7)47)35(61-24(10)50)38(63-26)66-37-34(60-23(9)49)31(57-20(6)46)28(14-54-17(3)43)65-40(37)67-39-36(62-25(11)51)33(59-22(8)48)30(56-19(5)45)27(64-39)13-53-16(2)42/h26-40H,12-14H2,1-11H3/t26-,27-,28-,29-,30-,31-,32+,33+,34+,35-,36-,37-,38+,39-,40-/m1/s1. The molecule has 3 rings (SSSR count). The van der Waals surface area contributed by atoms with Gasteiger partial charge in [-0.05, 0) is 0 Å². The van der Waals surface area contributed by atoms with Crippen LogP contribution in [-0.2, 0) is 129 Å². The lowest BCUT2D eigenvalue weighted by atomic mass is 9.95. The second-order valence-corrected chi connectivity index (χ2v) is 14.9. The van der Waals surface area contributed by atoms with Gasteiger partial charge < -0.3 is 75.8 Å². The van der Waals surface area contributed by atoms with Crippen LogP contribution in [-0.4, -0.2) is 178 Å². The zero-order valence-corrected chi connectivity index (χ0v) is 38.3. The van der Waals surface area contributed by atoms with Crippen molar-refractivity contribution in [1.82, 2.24) is 0 Å². The molecule has 3 fully saturated rings. The molecule has 0 bridgehead atoms. The van der Waals surface area contributed by atoms with Crippen molar-refractivity contribution in [2.24, 2.45) is 0 Å². The van der Waals surface area contributed by atoms with Gasteiger partial charge in [0, 0.05) is 76.2 Å². The van der Waals surface area contributed by atoms with E-state index in [1.807, 2.05) is 0 Å². The molecule has 0 spiro atoms. The summed E-state index contributed by atoms with van der Waals surface area (Å²) in [7, 11) is 0. The quantitative estimate of drug-likeness (QED) is 0.114. The number of esters is 11. The molecular formula is C40H54O27. The Morgan fingerprint density at radius 1 is 0.269 bits per heavy atom. The van der Waals surface area contributed by atoms with Crippen LogP contribution in [0.3, 0.4) is 0 Å². The van der Waals surface area contributed by atoms with Gasteiger partial charge in [-0.2, -0.15) is 0 Å². The van der Waals surface area contributed by atoms with Crippen molar-refractivity contribution in [3.63, 3.8) is 0 Å². The minimum atomic E-state index is -2.15. The molecule has 0 amide bonds. The lowest BCUT2D eigenvalue weighted by molar-refractivity contribution is -0.401. The van der Waals surface area contributed by atoms with Crippen LogP contribution in [0.15, 0.2) is 0 Å². The van der Waals surface area contributed by atoms with Crippen LogP contribution in [0, 0.1) is 0 Å². The van der Waals surface area contributed by atoms with Gasteiger partial charge in [-0.15, -0.1) is 0 Å². The van der Waals surface area contributed by atoms with Gasteiger partial charge in [0.25, 0.3) is 0 Å². The van der Waals surface area contributed by atoms with Gasteiger partial charge in [-0.25, -0.2) is 0 Å². The Kier molecular flexibility index (Phi) is 20.8. The maximum Gasteiger partial charge on any atom is 0.303 e. The maximum absolute atomic E-state index is 12.9. The average molecular weight is 967 g/mol. The summed E-state index contributed by atoms with van der Waals surface area (Å²) in [6, 6.07) is 0. The lowest BCUT2D eigenvalue weighted by Crippen LogP contribution is -2.68. The first-order valence-corrected chi connectivity index (χ1v) is 20.3. The van der Waals surface area contributed by atoms with Crippen LogP contribution in [0.1, 0.15) is 76.2 Å². The Morgan fingerprint density at radius 2 is 0.478 bits per heavy atom. The smallest absolute Gasteiger partial charge is 0.303 e. The molecule has 27 nitrogen and oxygen atoms in total. The fourth-order valence-electron chi connectivity index (χ4n) is 7.01. The zero-order chi connectivity index (χ0) is 50.4. The Morgan fingerprint density at radius 3 is 0.731 bits per heavy atom. The van der Waals surface area contributed by atoms with Crippen LogP contribution >= 0.6 is 0 Å². The fourth-order valence-corrected chi connectivity index (χ4v) is 7.01. The van der Waals surface area contributed by atoms with E-state index < -0.39 is 178 Å². The van der Waals surface area contributed by atoms with Crippen molar-refractivity contribution in [1.29, 1.82) is 0 Å². The second-order valence-electron chi connectivity index (χ2n) is 14.9. The van der Waals surface area contributed by atoms with Crippen LogP contribution in [0.5, 0.6) is 0 Å². The van der Waals surface area contributed by atoms with Crippen molar-refractivity contribution in [3.05, 3.63) is 0 Å². The molecule has 0 saturated carbocycles. The number of carbonyl (C=O) groups excluding carboxylic acids is 11. The number of rotatable bonds is 18. The molecule has 0 aromatic rings. The van der Waals surface area contributed by atoms with Crippen molar-refractivity contribution in [3.8, 4) is 0 Å². The summed E-state index contributed by atoms with van der Waals surface area (Å²) in [6.45, 7) is 8.55. The van der Waals surface area contributed by atoms with E-state index in [4.69, 9.17) is 75.8 Å². The normalized spacial score (nSPS) is 31.2. The molecule has 3 heterocycles. The third-order valence-electron chi connectivity index (χ3n) is 9.10. The zero-order valence-electron chi connectivity index (χ0n) is 38.3. The highest BCUT2D eigenvalue weighted by Gasteiger charge is 2.60. The van der Waals surface area contributed by atoms with Crippen LogP contribution < -0.4 is 0 Å². The molecule has 0 unspecified atom stereocenters. The summed E-state index contributed by atoms with van der Waals surface area (Å²) >= 11 is 0. The number of hydrogen-bond donors (Lipinski definition) is 0. The second kappa shape index (κ2) is 25.2. The first-order chi connectivity index (χ1) is 31.3. The Balaban J connectivity index is 2.38. The molecular weight excluding hydrogens is 912 g/mol. The highest BCUT2D eigenvalue weighted by molar-refractivity contribution is 5.70. The Bertz CT molecular complexity index is 1850. The highest BCUT2D eigenvalue weighted by atomic mass is 16.8. The number of carbonyl (C=O) groups is 11. The highest BCUT2D eigenvalue weighted by Crippen LogP contribution is 2.38. The van der Waals surface area contributed by atoms with E-state index in [1.165, 1.54) is 0 Å². The predicted octanol–water partition coefficient (Wildman–Crippen LogP) is -1.29. The van der Waals surface area contributed by atoms with E-state index in [0.717, 1.165) is 76.2 Å². The summed E-state index contributed by atoms with van der Waals surface area (Å²) in [4.78, 5) is 137. The molecule has 0 radical (unpaired) electrons. The summed E-state index contributed by atoms with van der Waals surface area (Å²) in [5.74, 6) is -10.7. The van der Waals surface area contributed by atoms with E-state index >= 15 is 0 Å². The fraction of sp³-hybridized carbons (Fsp3) is 0.725. The molecule has 27 heteroatoms. The largest absolute Gasteiger partial charge is 0.463 e. The van der Waals surface area contributed by atoms with E-state index in [-0.39, 0.29) is 0 Å².